The van der Waals surface area contributed by atoms with Crippen LogP contribution in [0.25, 0.3) is 28.3 Å². The molecule has 222 valence electrons. The van der Waals surface area contributed by atoms with Gasteiger partial charge in [-0.1, -0.05) is 0 Å². The molecule has 19 heteroatoms. The van der Waals surface area contributed by atoms with Crippen molar-refractivity contribution in [2.24, 2.45) is 21.1 Å². The van der Waals surface area contributed by atoms with E-state index in [2.05, 4.69) is 30.4 Å². The number of hydrogen-bond acceptors (Lipinski definition) is 13. The minimum absolute atomic E-state index is 0.0579. The summed E-state index contributed by atoms with van der Waals surface area (Å²) in [5, 5.41) is 36.1. The van der Waals surface area contributed by atoms with Crippen LogP contribution in [0.1, 0.15) is 16.6 Å². The summed E-state index contributed by atoms with van der Waals surface area (Å²) in [7, 11) is 6.27. The van der Waals surface area contributed by atoms with Crippen molar-refractivity contribution in [1.82, 2.24) is 53.3 Å². The van der Waals surface area contributed by atoms with Gasteiger partial charge in [-0.05, 0) is 0 Å². The lowest BCUT2D eigenvalue weighted by Crippen LogP contribution is -2.37. The van der Waals surface area contributed by atoms with Crippen LogP contribution in [0, 0.1) is 0 Å². The van der Waals surface area contributed by atoms with Gasteiger partial charge in [0.25, 0.3) is 17.4 Å². The normalized spacial score (nSPS) is 20.2. The third-order valence-electron chi connectivity index (χ3n) is 6.82. The van der Waals surface area contributed by atoms with Crippen LogP contribution in [-0.2, 0) is 25.9 Å². The number of ether oxygens (including phenoxy) is 1. The van der Waals surface area contributed by atoms with Gasteiger partial charge in [0, 0.05) is 34.4 Å². The maximum absolute atomic E-state index is 11.7. The summed E-state index contributed by atoms with van der Waals surface area (Å²) in [6.45, 7) is -0.459. The Balaban J connectivity index is 0.000000211. The van der Waals surface area contributed by atoms with Crippen LogP contribution in [0.3, 0.4) is 0 Å². The zero-order valence-electron chi connectivity index (χ0n) is 22.9. The van der Waals surface area contributed by atoms with Gasteiger partial charge < -0.3 is 35.7 Å². The maximum atomic E-state index is 11.7. The summed E-state index contributed by atoms with van der Waals surface area (Å²) in [6, 6.07) is 0. The van der Waals surface area contributed by atoms with Gasteiger partial charge in [0.1, 0.15) is 23.8 Å². The molecular weight excluding hydrogens is 556 g/mol. The monoisotopic (exact) mass is 584 g/mol. The van der Waals surface area contributed by atoms with Crippen LogP contribution in [0.2, 0.25) is 0 Å². The average Bonchev–Trinajstić information content (AvgIpc) is 3.77. The molecule has 1 saturated heterocycles. The van der Waals surface area contributed by atoms with Crippen molar-refractivity contribution < 1.29 is 24.9 Å². The number of amides is 1. The first-order valence-corrected chi connectivity index (χ1v) is 12.4. The topological polar surface area (TPSA) is 248 Å². The number of aromatic nitrogens is 10. The molecule has 4 atom stereocenters. The first-order chi connectivity index (χ1) is 20.0. The second kappa shape index (κ2) is 10.8. The first kappa shape index (κ1) is 28.5. The molecule has 6 rings (SSSR count). The standard InChI is InChI=1S/C15H18N8O5.C8H10N4O2/c1-17-13(27)6-2-19-23(3-6)15-20-11(16)8-12(21-15)22(5-18-8)14-10(26)9(25)7(4-24)28-14;1-10-4-9-6-5(10)7(13)12(3)8(14)11(6)2/h2-3,5,7,9-10,14,24-26H,4H2,1H3,(H,17,27)(H2,16,20,21);4H,1-3H3/t7-,9-,10-,14-;/m1./s1. The van der Waals surface area contributed by atoms with E-state index in [9.17, 15) is 29.7 Å². The van der Waals surface area contributed by atoms with Crippen molar-refractivity contribution in [2.75, 3.05) is 19.4 Å². The fourth-order valence-corrected chi connectivity index (χ4v) is 4.49. The SMILES string of the molecule is CNC(=O)c1cnn(-c2nc(N)c3ncn([C@@H]4O[C@H](CO)[C@@H](O)[C@H]4O)c3n2)c1.Cn1c(=O)c2c(ncn2C)n(C)c1=O. The molecule has 5 aromatic heterocycles. The van der Waals surface area contributed by atoms with E-state index in [4.69, 9.17) is 10.5 Å². The van der Waals surface area contributed by atoms with Gasteiger partial charge >= 0.3 is 5.69 Å². The highest BCUT2D eigenvalue weighted by Gasteiger charge is 2.44. The molecule has 1 aliphatic heterocycles. The fraction of sp³-hybridized carbons (Fsp3) is 0.391. The summed E-state index contributed by atoms with van der Waals surface area (Å²) in [6.07, 6.45) is 1.10. The third kappa shape index (κ3) is 4.59. The molecule has 1 aliphatic rings. The van der Waals surface area contributed by atoms with Crippen molar-refractivity contribution in [3.05, 3.63) is 51.4 Å². The molecular formula is C23H28N12O7. The summed E-state index contributed by atoms with van der Waals surface area (Å²) in [5.41, 5.74) is 6.96. The Hall–Kier alpha value is -4.98. The van der Waals surface area contributed by atoms with Gasteiger partial charge in [0.05, 0.1) is 31.0 Å². The fourth-order valence-electron chi connectivity index (χ4n) is 4.49. The molecule has 0 unspecified atom stereocenters. The van der Waals surface area contributed by atoms with E-state index in [-0.39, 0.29) is 40.1 Å². The van der Waals surface area contributed by atoms with Gasteiger partial charge in [-0.3, -0.25) is 23.3 Å². The Morgan fingerprint density at radius 2 is 1.81 bits per heavy atom. The number of nitrogens with one attached hydrogen (secondary N) is 1. The molecule has 0 radical (unpaired) electrons. The average molecular weight is 585 g/mol. The number of aliphatic hydroxyl groups excluding tert-OH is 3. The van der Waals surface area contributed by atoms with Crippen molar-refractivity contribution in [3.8, 4) is 5.95 Å². The quantitative estimate of drug-likeness (QED) is 0.138. The van der Waals surface area contributed by atoms with Crippen molar-refractivity contribution in [3.63, 3.8) is 0 Å². The molecule has 0 saturated carbocycles. The Labute approximate surface area is 235 Å². The molecule has 1 amide bonds. The third-order valence-corrected chi connectivity index (χ3v) is 6.82. The number of nitrogens with zero attached hydrogens (tertiary/aromatic N) is 10. The smallest absolute Gasteiger partial charge is 0.332 e. The van der Waals surface area contributed by atoms with Gasteiger partial charge in [-0.15, -0.1) is 0 Å². The van der Waals surface area contributed by atoms with Crippen molar-refractivity contribution >= 4 is 34.1 Å². The van der Waals surface area contributed by atoms with Crippen LogP contribution < -0.4 is 22.3 Å². The molecule has 0 bridgehead atoms. The largest absolute Gasteiger partial charge is 0.394 e. The Morgan fingerprint density at radius 1 is 1.07 bits per heavy atom. The molecule has 6 N–H and O–H groups in total. The van der Waals surface area contributed by atoms with Gasteiger partial charge in [-0.2, -0.15) is 15.1 Å². The van der Waals surface area contributed by atoms with E-state index in [1.165, 1.54) is 53.0 Å². The highest BCUT2D eigenvalue weighted by molar-refractivity contribution is 5.93. The molecule has 19 nitrogen and oxygen atoms in total. The number of imidazole rings is 2. The number of carbonyl (C=O) groups is 1. The number of fused-ring (bicyclic) bond motifs is 2. The lowest BCUT2D eigenvalue weighted by atomic mass is 10.1. The Bertz CT molecular complexity index is 1920. The first-order valence-electron chi connectivity index (χ1n) is 12.4. The number of nitrogen functional groups attached to an aromatic ring is 1. The predicted octanol–water partition coefficient (Wildman–Crippen LogP) is -3.46. The molecule has 1 fully saturated rings. The predicted molar refractivity (Wildman–Crippen MR) is 144 cm³/mol. The summed E-state index contributed by atoms with van der Waals surface area (Å²) in [5.74, 6) is -0.187. The van der Waals surface area contributed by atoms with E-state index in [0.29, 0.717) is 16.7 Å². The maximum Gasteiger partial charge on any atom is 0.332 e. The zero-order valence-corrected chi connectivity index (χ0v) is 22.9. The lowest BCUT2D eigenvalue weighted by molar-refractivity contribution is -0.0511. The number of rotatable bonds is 4. The van der Waals surface area contributed by atoms with E-state index in [1.807, 2.05) is 0 Å². The van der Waals surface area contributed by atoms with Gasteiger partial charge in [0.15, 0.2) is 28.9 Å². The Morgan fingerprint density at radius 3 is 2.48 bits per heavy atom. The second-order valence-electron chi connectivity index (χ2n) is 9.45. The van der Waals surface area contributed by atoms with Crippen LogP contribution >= 0.6 is 0 Å². The van der Waals surface area contributed by atoms with Crippen molar-refractivity contribution in [1.29, 1.82) is 0 Å². The van der Waals surface area contributed by atoms with Crippen LogP contribution in [0.15, 0.2) is 34.6 Å². The highest BCUT2D eigenvalue weighted by atomic mass is 16.6. The van der Waals surface area contributed by atoms with Crippen LogP contribution in [-0.4, -0.2) is 101 Å². The zero-order chi connectivity index (χ0) is 30.5. The minimum atomic E-state index is -1.31. The summed E-state index contributed by atoms with van der Waals surface area (Å²) in [4.78, 5) is 51.5. The van der Waals surface area contributed by atoms with Crippen molar-refractivity contribution in [2.45, 2.75) is 24.5 Å². The highest BCUT2D eigenvalue weighted by Crippen LogP contribution is 2.32. The number of aliphatic hydroxyl groups is 3. The molecule has 0 aromatic carbocycles. The minimum Gasteiger partial charge on any atom is -0.394 e. The Kier molecular flexibility index (Phi) is 7.33. The number of nitrogens with two attached hydrogens (primary N) is 1. The molecule has 0 spiro atoms. The van der Waals surface area contributed by atoms with E-state index >= 15 is 0 Å². The molecule has 42 heavy (non-hydrogen) atoms. The van der Waals surface area contributed by atoms with Gasteiger partial charge in [0.2, 0.25) is 0 Å². The molecule has 0 aliphatic carbocycles. The number of hydrogen-bond donors (Lipinski definition) is 5. The van der Waals surface area contributed by atoms with E-state index in [1.54, 1.807) is 18.7 Å². The van der Waals surface area contributed by atoms with E-state index in [0.717, 1.165) is 4.57 Å². The van der Waals surface area contributed by atoms with Crippen LogP contribution in [0.5, 0.6) is 0 Å². The molecule has 5 aromatic rings. The second-order valence-corrected chi connectivity index (χ2v) is 9.45. The van der Waals surface area contributed by atoms with Crippen LogP contribution in [0.4, 0.5) is 5.82 Å². The number of anilines is 1. The summed E-state index contributed by atoms with van der Waals surface area (Å²) >= 11 is 0. The number of aryl methyl sites for hydroxylation is 2. The number of carbonyl (C=O) groups excluding carboxylic acids is 1. The summed E-state index contributed by atoms with van der Waals surface area (Å²) < 4.78 is 12.2. The van der Waals surface area contributed by atoms with E-state index < -0.39 is 31.1 Å². The van der Waals surface area contributed by atoms with Gasteiger partial charge in [-0.25, -0.2) is 19.4 Å². The lowest BCUT2D eigenvalue weighted by Gasteiger charge is -2.16. The molecule has 6 heterocycles.